The summed E-state index contributed by atoms with van der Waals surface area (Å²) in [6.07, 6.45) is 13.8. The van der Waals surface area contributed by atoms with Gasteiger partial charge in [0.2, 0.25) is 0 Å². The first kappa shape index (κ1) is 27.2. The smallest absolute Gasteiger partial charge is 0.150 e. The molecule has 1 aliphatic carbocycles. The van der Waals surface area contributed by atoms with E-state index in [0.717, 1.165) is 89.7 Å². The summed E-state index contributed by atoms with van der Waals surface area (Å²) in [7, 11) is 0. The lowest BCUT2D eigenvalue weighted by molar-refractivity contribution is -0.0394. The van der Waals surface area contributed by atoms with Gasteiger partial charge >= 0.3 is 0 Å². The van der Waals surface area contributed by atoms with Crippen LogP contribution in [0.5, 0.6) is 0 Å². The summed E-state index contributed by atoms with van der Waals surface area (Å²) in [6.45, 7) is 0.778. The van der Waals surface area contributed by atoms with E-state index in [1.54, 1.807) is 6.08 Å². The van der Waals surface area contributed by atoms with Crippen molar-refractivity contribution in [1.29, 1.82) is 5.26 Å². The Morgan fingerprint density at radius 3 is 2.34 bits per heavy atom. The SMILES string of the molecule is N#CC=Cc1ccc(C(=C(c2ccc(F)cc2Cl)C2CCC2)c2ccc(-c3cnn(C4CCCCO4)c3)cc2)cc1. The number of aromatic nitrogens is 2. The van der Waals surface area contributed by atoms with Crippen LogP contribution in [-0.2, 0) is 4.74 Å². The Labute approximate surface area is 245 Å². The molecule has 4 aromatic rings. The van der Waals surface area contributed by atoms with E-state index in [2.05, 4.69) is 53.8 Å². The molecule has 3 aromatic carbocycles. The highest BCUT2D eigenvalue weighted by Gasteiger charge is 2.28. The zero-order chi connectivity index (χ0) is 28.2. The highest BCUT2D eigenvalue weighted by atomic mass is 35.5. The third-order valence-corrected chi connectivity index (χ3v) is 8.43. The third-order valence-electron chi connectivity index (χ3n) is 8.11. The van der Waals surface area contributed by atoms with Gasteiger partial charge in [0.25, 0.3) is 0 Å². The van der Waals surface area contributed by atoms with Crippen molar-refractivity contribution in [2.24, 2.45) is 5.92 Å². The van der Waals surface area contributed by atoms with Crippen molar-refractivity contribution in [1.82, 2.24) is 9.78 Å². The molecule has 6 rings (SSSR count). The standard InChI is InChI=1S/C35H31ClFN3O/c36-32-21-30(37)17-18-31(32)35(26-6-3-7-26)34(27-11-9-24(10-12-27)5-4-19-38)28-15-13-25(14-16-28)29-22-39-40(23-29)33-8-1-2-20-41-33/h4-5,9-18,21-23,26,33H,1-3,6-8,20H2. The molecule has 206 valence electrons. The minimum Gasteiger partial charge on any atom is -0.357 e. The first-order chi connectivity index (χ1) is 20.1. The number of ether oxygens (including phenoxy) is 1. The molecule has 1 aromatic heterocycles. The fraction of sp³-hybridized carbons (Fsp3) is 0.257. The number of rotatable bonds is 7. The van der Waals surface area contributed by atoms with E-state index in [1.165, 1.54) is 18.2 Å². The molecular weight excluding hydrogens is 533 g/mol. The number of hydrogen-bond acceptors (Lipinski definition) is 3. The molecule has 1 aliphatic heterocycles. The van der Waals surface area contributed by atoms with Gasteiger partial charge in [-0.25, -0.2) is 9.07 Å². The first-order valence-corrected chi connectivity index (χ1v) is 14.6. The van der Waals surface area contributed by atoms with Crippen molar-refractivity contribution in [2.75, 3.05) is 6.61 Å². The lowest BCUT2D eigenvalue weighted by Crippen LogP contribution is -2.18. The van der Waals surface area contributed by atoms with Crippen LogP contribution in [0.1, 0.15) is 67.0 Å². The number of benzene rings is 3. The predicted molar refractivity (Wildman–Crippen MR) is 162 cm³/mol. The Hall–Kier alpha value is -3.98. The van der Waals surface area contributed by atoms with Crippen molar-refractivity contribution in [3.8, 4) is 17.2 Å². The predicted octanol–water partition coefficient (Wildman–Crippen LogP) is 9.34. The summed E-state index contributed by atoms with van der Waals surface area (Å²) in [5.41, 5.74) is 8.32. The number of nitriles is 1. The lowest BCUT2D eigenvalue weighted by Gasteiger charge is -2.32. The molecule has 1 saturated carbocycles. The second-order valence-electron chi connectivity index (χ2n) is 10.7. The second kappa shape index (κ2) is 12.3. The average Bonchev–Trinajstić information content (AvgIpc) is 3.47. The zero-order valence-corrected chi connectivity index (χ0v) is 23.5. The molecule has 0 spiro atoms. The molecule has 0 bridgehead atoms. The van der Waals surface area contributed by atoms with Crippen molar-refractivity contribution in [2.45, 2.75) is 44.8 Å². The summed E-state index contributed by atoms with van der Waals surface area (Å²) in [4.78, 5) is 0. The van der Waals surface area contributed by atoms with E-state index < -0.39 is 0 Å². The van der Waals surface area contributed by atoms with Crippen LogP contribution in [0, 0.1) is 23.1 Å². The number of allylic oxidation sites excluding steroid dienone is 2. The molecule has 1 atom stereocenters. The number of nitrogens with zero attached hydrogens (tertiary/aromatic N) is 3. The Balaban J connectivity index is 1.44. The van der Waals surface area contributed by atoms with Gasteiger partial charge in [-0.1, -0.05) is 72.6 Å². The summed E-state index contributed by atoms with van der Waals surface area (Å²) in [5.74, 6) is -0.00931. The Morgan fingerprint density at radius 2 is 1.71 bits per heavy atom. The van der Waals surface area contributed by atoms with E-state index in [4.69, 9.17) is 21.6 Å². The highest BCUT2D eigenvalue weighted by molar-refractivity contribution is 6.32. The maximum Gasteiger partial charge on any atom is 0.150 e. The van der Waals surface area contributed by atoms with Gasteiger partial charge in [0, 0.05) is 24.4 Å². The molecule has 2 aliphatic rings. The van der Waals surface area contributed by atoms with Crippen LogP contribution >= 0.6 is 11.6 Å². The van der Waals surface area contributed by atoms with Gasteiger partial charge in [0.15, 0.2) is 0 Å². The highest BCUT2D eigenvalue weighted by Crippen LogP contribution is 2.47. The minimum absolute atomic E-state index is 0.00257. The lowest BCUT2D eigenvalue weighted by atomic mass is 9.73. The molecule has 2 fully saturated rings. The van der Waals surface area contributed by atoms with Gasteiger partial charge in [0.1, 0.15) is 12.0 Å². The van der Waals surface area contributed by atoms with Crippen LogP contribution in [0.25, 0.3) is 28.3 Å². The largest absolute Gasteiger partial charge is 0.357 e. The van der Waals surface area contributed by atoms with E-state index in [9.17, 15) is 4.39 Å². The molecule has 1 unspecified atom stereocenters. The van der Waals surface area contributed by atoms with Crippen LogP contribution < -0.4 is 0 Å². The van der Waals surface area contributed by atoms with Crippen LogP contribution in [0.3, 0.4) is 0 Å². The molecule has 0 amide bonds. The Bertz CT molecular complexity index is 1620. The average molecular weight is 564 g/mol. The van der Waals surface area contributed by atoms with E-state index in [1.807, 2.05) is 29.1 Å². The number of halogens is 2. The summed E-state index contributed by atoms with van der Waals surface area (Å²) >= 11 is 6.69. The summed E-state index contributed by atoms with van der Waals surface area (Å²) < 4.78 is 21.9. The maximum absolute atomic E-state index is 14.1. The molecule has 4 nitrogen and oxygen atoms in total. The number of hydrogen-bond donors (Lipinski definition) is 0. The summed E-state index contributed by atoms with van der Waals surface area (Å²) in [6, 6.07) is 23.5. The van der Waals surface area contributed by atoms with E-state index in [0.29, 0.717) is 10.9 Å². The van der Waals surface area contributed by atoms with Gasteiger partial charge in [-0.05, 0) is 95.2 Å². The van der Waals surface area contributed by atoms with E-state index in [-0.39, 0.29) is 12.0 Å². The van der Waals surface area contributed by atoms with Gasteiger partial charge < -0.3 is 4.74 Å². The third kappa shape index (κ3) is 5.91. The summed E-state index contributed by atoms with van der Waals surface area (Å²) in [5, 5.41) is 13.9. The van der Waals surface area contributed by atoms with Crippen LogP contribution in [0.4, 0.5) is 4.39 Å². The fourth-order valence-electron chi connectivity index (χ4n) is 5.74. The molecule has 2 heterocycles. The first-order valence-electron chi connectivity index (χ1n) is 14.2. The van der Waals surface area contributed by atoms with Crippen LogP contribution in [0.2, 0.25) is 5.02 Å². The molecule has 41 heavy (non-hydrogen) atoms. The van der Waals surface area contributed by atoms with Gasteiger partial charge in [-0.2, -0.15) is 10.4 Å². The second-order valence-corrected chi connectivity index (χ2v) is 11.1. The normalized spacial score (nSPS) is 18.1. The monoisotopic (exact) mass is 563 g/mol. The van der Waals surface area contributed by atoms with Crippen molar-refractivity contribution >= 4 is 28.8 Å². The van der Waals surface area contributed by atoms with Gasteiger partial charge in [0.05, 0.1) is 17.3 Å². The minimum atomic E-state index is -0.342. The molecule has 6 heteroatoms. The quantitative estimate of drug-likeness (QED) is 0.166. The van der Waals surface area contributed by atoms with Gasteiger partial charge in [-0.15, -0.1) is 0 Å². The van der Waals surface area contributed by atoms with Crippen molar-refractivity contribution in [3.63, 3.8) is 0 Å². The van der Waals surface area contributed by atoms with Crippen LogP contribution in [0.15, 0.2) is 85.2 Å². The van der Waals surface area contributed by atoms with Crippen molar-refractivity contribution in [3.05, 3.63) is 118 Å². The van der Waals surface area contributed by atoms with Crippen molar-refractivity contribution < 1.29 is 9.13 Å². The fourth-order valence-corrected chi connectivity index (χ4v) is 6.01. The topological polar surface area (TPSA) is 50.8 Å². The molecular formula is C35H31ClFN3O. The van der Waals surface area contributed by atoms with E-state index >= 15 is 0 Å². The Kier molecular flexibility index (Phi) is 8.14. The zero-order valence-electron chi connectivity index (χ0n) is 22.8. The van der Waals surface area contributed by atoms with Gasteiger partial charge in [-0.3, -0.25) is 0 Å². The molecule has 1 saturated heterocycles. The molecule has 0 N–H and O–H groups in total. The maximum atomic E-state index is 14.1. The molecule has 0 radical (unpaired) electrons. The Morgan fingerprint density at radius 1 is 0.951 bits per heavy atom. The van der Waals surface area contributed by atoms with Crippen LogP contribution in [-0.4, -0.2) is 16.4 Å².